The molecule has 0 heterocycles. The lowest BCUT2D eigenvalue weighted by molar-refractivity contribution is 0.685. The van der Waals surface area contributed by atoms with Gasteiger partial charge in [0.25, 0.3) is 0 Å². The number of thioether (sulfide) groups is 1. The van der Waals surface area contributed by atoms with Crippen LogP contribution in [0.1, 0.15) is 12.8 Å². The molecule has 1 rings (SSSR count). The monoisotopic (exact) mass is 285 g/mol. The SMILES string of the molecule is C=CCCC(N)CSc1cccc(Br)c1. The van der Waals surface area contributed by atoms with Crippen molar-refractivity contribution in [1.29, 1.82) is 0 Å². The van der Waals surface area contributed by atoms with Crippen LogP contribution >= 0.6 is 27.7 Å². The third-order valence-corrected chi connectivity index (χ3v) is 3.68. The van der Waals surface area contributed by atoms with Crippen molar-refractivity contribution in [3.8, 4) is 0 Å². The van der Waals surface area contributed by atoms with Crippen LogP contribution in [-0.2, 0) is 0 Å². The molecule has 0 aromatic heterocycles. The maximum Gasteiger partial charge on any atom is 0.0186 e. The Labute approximate surface area is 104 Å². The summed E-state index contributed by atoms with van der Waals surface area (Å²) in [7, 11) is 0. The third kappa shape index (κ3) is 5.40. The van der Waals surface area contributed by atoms with Gasteiger partial charge < -0.3 is 5.73 Å². The predicted molar refractivity (Wildman–Crippen MR) is 72.3 cm³/mol. The molecular weight excluding hydrogens is 270 g/mol. The molecule has 0 aliphatic carbocycles. The summed E-state index contributed by atoms with van der Waals surface area (Å²) in [4.78, 5) is 1.26. The van der Waals surface area contributed by atoms with E-state index in [1.165, 1.54) is 4.90 Å². The second-order valence-electron chi connectivity index (χ2n) is 3.39. The summed E-state index contributed by atoms with van der Waals surface area (Å²) in [5, 5.41) is 0. The smallest absolute Gasteiger partial charge is 0.0186 e. The molecule has 1 nitrogen and oxygen atoms in total. The van der Waals surface area contributed by atoms with Crippen molar-refractivity contribution in [2.75, 3.05) is 5.75 Å². The van der Waals surface area contributed by atoms with Crippen LogP contribution < -0.4 is 5.73 Å². The van der Waals surface area contributed by atoms with Crippen molar-refractivity contribution in [1.82, 2.24) is 0 Å². The molecule has 1 unspecified atom stereocenters. The average molecular weight is 286 g/mol. The van der Waals surface area contributed by atoms with E-state index in [2.05, 4.69) is 34.6 Å². The minimum absolute atomic E-state index is 0.256. The Morgan fingerprint density at radius 3 is 3.00 bits per heavy atom. The first kappa shape index (κ1) is 12.8. The number of rotatable bonds is 6. The Morgan fingerprint density at radius 2 is 2.33 bits per heavy atom. The predicted octanol–water partition coefficient (Wildman–Crippen LogP) is 3.83. The molecule has 0 saturated carbocycles. The van der Waals surface area contributed by atoms with Gasteiger partial charge in [0.1, 0.15) is 0 Å². The Hall–Kier alpha value is -0.250. The molecule has 0 bridgehead atoms. The standard InChI is InChI=1S/C12H16BrNS/c1-2-3-6-11(14)9-15-12-7-4-5-10(13)8-12/h2,4-5,7-8,11H,1,3,6,9,14H2. The van der Waals surface area contributed by atoms with Crippen molar-refractivity contribution in [3.05, 3.63) is 41.4 Å². The molecule has 0 saturated heterocycles. The van der Waals surface area contributed by atoms with E-state index in [0.29, 0.717) is 0 Å². The quantitative estimate of drug-likeness (QED) is 0.635. The first-order chi connectivity index (χ1) is 7.22. The van der Waals surface area contributed by atoms with Crippen LogP contribution in [-0.4, -0.2) is 11.8 Å². The Morgan fingerprint density at radius 1 is 1.53 bits per heavy atom. The molecule has 1 aromatic carbocycles. The van der Waals surface area contributed by atoms with Gasteiger partial charge in [0, 0.05) is 21.2 Å². The zero-order valence-corrected chi connectivity index (χ0v) is 11.1. The summed E-state index contributed by atoms with van der Waals surface area (Å²) in [6.45, 7) is 3.69. The molecule has 15 heavy (non-hydrogen) atoms. The summed E-state index contributed by atoms with van der Waals surface area (Å²) < 4.78 is 1.12. The van der Waals surface area contributed by atoms with Crippen molar-refractivity contribution in [3.63, 3.8) is 0 Å². The fourth-order valence-electron chi connectivity index (χ4n) is 1.18. The lowest BCUT2D eigenvalue weighted by atomic mass is 10.2. The normalized spacial score (nSPS) is 12.4. The van der Waals surface area contributed by atoms with E-state index in [1.807, 2.05) is 18.2 Å². The molecular formula is C12H16BrNS. The number of hydrogen-bond donors (Lipinski definition) is 1. The van der Waals surface area contributed by atoms with Gasteiger partial charge in [-0.2, -0.15) is 0 Å². The van der Waals surface area contributed by atoms with Gasteiger partial charge in [-0.25, -0.2) is 0 Å². The van der Waals surface area contributed by atoms with E-state index >= 15 is 0 Å². The number of nitrogens with two attached hydrogens (primary N) is 1. The largest absolute Gasteiger partial charge is 0.327 e. The molecule has 0 spiro atoms. The minimum atomic E-state index is 0.256. The molecule has 0 radical (unpaired) electrons. The number of benzene rings is 1. The molecule has 82 valence electrons. The highest BCUT2D eigenvalue weighted by Gasteiger charge is 2.02. The van der Waals surface area contributed by atoms with Gasteiger partial charge in [-0.05, 0) is 31.0 Å². The maximum atomic E-state index is 5.97. The van der Waals surface area contributed by atoms with Crippen molar-refractivity contribution < 1.29 is 0 Å². The number of halogens is 1. The first-order valence-electron chi connectivity index (χ1n) is 4.97. The lowest BCUT2D eigenvalue weighted by Gasteiger charge is -2.09. The molecule has 2 N–H and O–H groups in total. The molecule has 1 atom stereocenters. The number of allylic oxidation sites excluding steroid dienone is 1. The molecule has 0 aliphatic rings. The zero-order valence-electron chi connectivity index (χ0n) is 8.66. The highest BCUT2D eigenvalue weighted by Crippen LogP contribution is 2.22. The van der Waals surface area contributed by atoms with Crippen molar-refractivity contribution in [2.45, 2.75) is 23.8 Å². The highest BCUT2D eigenvalue weighted by atomic mass is 79.9. The van der Waals surface area contributed by atoms with Gasteiger partial charge in [0.15, 0.2) is 0 Å². The second kappa shape index (κ2) is 7.09. The van der Waals surface area contributed by atoms with Crippen LogP contribution in [0.25, 0.3) is 0 Å². The average Bonchev–Trinajstić information content (AvgIpc) is 2.23. The van der Waals surface area contributed by atoms with E-state index in [-0.39, 0.29) is 6.04 Å². The van der Waals surface area contributed by atoms with Crippen LogP contribution in [0.4, 0.5) is 0 Å². The summed E-state index contributed by atoms with van der Waals surface area (Å²) in [5.74, 6) is 0.963. The van der Waals surface area contributed by atoms with Crippen molar-refractivity contribution >= 4 is 27.7 Å². The van der Waals surface area contributed by atoms with Gasteiger partial charge in [0.05, 0.1) is 0 Å². The lowest BCUT2D eigenvalue weighted by Crippen LogP contribution is -2.22. The van der Waals surface area contributed by atoms with E-state index in [0.717, 1.165) is 23.1 Å². The molecule has 0 amide bonds. The summed E-state index contributed by atoms with van der Waals surface area (Å²) >= 11 is 5.26. The van der Waals surface area contributed by atoms with Gasteiger partial charge >= 0.3 is 0 Å². The van der Waals surface area contributed by atoms with E-state index < -0.39 is 0 Å². The van der Waals surface area contributed by atoms with Gasteiger partial charge in [0.2, 0.25) is 0 Å². The third-order valence-electron chi connectivity index (χ3n) is 2.00. The van der Waals surface area contributed by atoms with Crippen LogP contribution in [0.3, 0.4) is 0 Å². The Kier molecular flexibility index (Phi) is 6.06. The highest BCUT2D eigenvalue weighted by molar-refractivity contribution is 9.10. The van der Waals surface area contributed by atoms with Crippen LogP contribution in [0.15, 0.2) is 46.3 Å². The minimum Gasteiger partial charge on any atom is -0.327 e. The molecule has 0 aliphatic heterocycles. The van der Waals surface area contributed by atoms with E-state index in [4.69, 9.17) is 5.73 Å². The van der Waals surface area contributed by atoms with Crippen LogP contribution in [0.5, 0.6) is 0 Å². The number of hydrogen-bond acceptors (Lipinski definition) is 2. The summed E-state index contributed by atoms with van der Waals surface area (Å²) in [6.07, 6.45) is 3.94. The van der Waals surface area contributed by atoms with Gasteiger partial charge in [-0.15, -0.1) is 18.3 Å². The molecule has 1 aromatic rings. The second-order valence-corrected chi connectivity index (χ2v) is 5.40. The Balaban J connectivity index is 2.33. The van der Waals surface area contributed by atoms with E-state index in [9.17, 15) is 0 Å². The van der Waals surface area contributed by atoms with Crippen molar-refractivity contribution in [2.24, 2.45) is 5.73 Å². The van der Waals surface area contributed by atoms with Gasteiger partial charge in [-0.3, -0.25) is 0 Å². The zero-order chi connectivity index (χ0) is 11.1. The molecule has 0 fully saturated rings. The van der Waals surface area contributed by atoms with E-state index in [1.54, 1.807) is 11.8 Å². The topological polar surface area (TPSA) is 26.0 Å². The van der Waals surface area contributed by atoms with Crippen LogP contribution in [0, 0.1) is 0 Å². The first-order valence-corrected chi connectivity index (χ1v) is 6.75. The maximum absolute atomic E-state index is 5.97. The summed E-state index contributed by atoms with van der Waals surface area (Å²) in [6, 6.07) is 8.55. The fourth-order valence-corrected chi connectivity index (χ4v) is 2.68. The van der Waals surface area contributed by atoms with Gasteiger partial charge in [-0.1, -0.05) is 28.1 Å². The summed E-state index contributed by atoms with van der Waals surface area (Å²) in [5.41, 5.74) is 5.97. The Bertz CT molecular complexity index is 314. The van der Waals surface area contributed by atoms with Crippen LogP contribution in [0.2, 0.25) is 0 Å². The molecule has 3 heteroatoms. The fraction of sp³-hybridized carbons (Fsp3) is 0.333.